The number of rotatable bonds is 6. The summed E-state index contributed by atoms with van der Waals surface area (Å²) < 4.78 is 27.4. The van der Waals surface area contributed by atoms with E-state index in [1.807, 2.05) is 25.1 Å². The molecule has 1 amide bonds. The average Bonchev–Trinajstić information content (AvgIpc) is 3.12. The second-order valence-electron chi connectivity index (χ2n) is 7.32. The molecular weight excluding hydrogens is 390 g/mol. The van der Waals surface area contributed by atoms with Crippen molar-refractivity contribution in [2.45, 2.75) is 31.7 Å². The molecule has 1 aliphatic carbocycles. The van der Waals surface area contributed by atoms with E-state index in [2.05, 4.69) is 20.8 Å². The smallest absolute Gasteiger partial charge is 0.274 e. The molecule has 4 rings (SSSR count). The lowest BCUT2D eigenvalue weighted by Gasteiger charge is -2.34. The van der Waals surface area contributed by atoms with Crippen LogP contribution in [0.4, 0.5) is 14.5 Å². The summed E-state index contributed by atoms with van der Waals surface area (Å²) in [6, 6.07) is 10.3. The maximum atomic E-state index is 12.8. The molecule has 1 aliphatic rings. The van der Waals surface area contributed by atoms with Gasteiger partial charge < -0.3 is 10.7 Å². The van der Waals surface area contributed by atoms with Crippen LogP contribution in [0.5, 0.6) is 0 Å². The van der Waals surface area contributed by atoms with Crippen LogP contribution in [0.25, 0.3) is 5.65 Å². The van der Waals surface area contributed by atoms with Crippen molar-refractivity contribution in [3.05, 3.63) is 65.6 Å². The van der Waals surface area contributed by atoms with Gasteiger partial charge in [-0.15, -0.1) is 0 Å². The number of aryl methyl sites for hydroxylation is 1. The second kappa shape index (κ2) is 7.66. The summed E-state index contributed by atoms with van der Waals surface area (Å²) in [5, 5.41) is 14.9. The Hall–Kier alpha value is -3.62. The quantitative estimate of drug-likeness (QED) is 0.428. The van der Waals surface area contributed by atoms with Crippen LogP contribution in [0.15, 0.2) is 53.9 Å². The lowest BCUT2D eigenvalue weighted by atomic mass is 9.89. The number of carbonyl (C=O) groups is 1. The van der Waals surface area contributed by atoms with Gasteiger partial charge in [-0.25, -0.2) is 13.8 Å². The maximum Gasteiger partial charge on any atom is 0.274 e. The SMILES string of the molecule is Cc1ccc(C(=N)/C=N\NC2CC(F)(F)C2)cc1NC(=O)c1cnc2ccccn12. The Morgan fingerprint density at radius 3 is 2.90 bits per heavy atom. The zero-order valence-corrected chi connectivity index (χ0v) is 16.2. The molecule has 1 fully saturated rings. The normalized spacial score (nSPS) is 15.8. The third kappa shape index (κ3) is 4.05. The predicted molar refractivity (Wildman–Crippen MR) is 111 cm³/mol. The Balaban J connectivity index is 1.45. The number of aromatic nitrogens is 2. The van der Waals surface area contributed by atoms with Gasteiger partial charge in [0.15, 0.2) is 0 Å². The number of halogens is 2. The third-order valence-electron chi connectivity index (χ3n) is 4.99. The van der Waals surface area contributed by atoms with Gasteiger partial charge in [-0.3, -0.25) is 14.6 Å². The molecule has 0 atom stereocenters. The van der Waals surface area contributed by atoms with Crippen LogP contribution >= 0.6 is 0 Å². The molecule has 0 unspecified atom stereocenters. The molecule has 0 radical (unpaired) electrons. The molecule has 0 bridgehead atoms. The number of carbonyl (C=O) groups excluding carboxylic acids is 1. The van der Waals surface area contributed by atoms with Gasteiger partial charge in [0.25, 0.3) is 11.8 Å². The number of amides is 1. The molecule has 2 aromatic heterocycles. The van der Waals surface area contributed by atoms with E-state index in [0.29, 0.717) is 22.6 Å². The molecule has 2 heterocycles. The largest absolute Gasteiger partial charge is 0.320 e. The molecule has 3 N–H and O–H groups in total. The van der Waals surface area contributed by atoms with Crippen LogP contribution in [-0.2, 0) is 0 Å². The standard InChI is InChI=1S/C21H20F2N6O/c1-13-5-6-14(16(24)11-26-28-15-9-21(22,23)10-15)8-17(13)27-20(30)18-12-25-19-4-2-3-7-29(18)19/h2-8,11-12,15,24,28H,9-10H2,1H3,(H,27,30)/b24-16?,26-11-. The molecule has 0 spiro atoms. The number of nitrogens with one attached hydrogen (secondary N) is 3. The summed E-state index contributed by atoms with van der Waals surface area (Å²) >= 11 is 0. The van der Waals surface area contributed by atoms with Crippen LogP contribution in [0.2, 0.25) is 0 Å². The molecule has 7 nitrogen and oxygen atoms in total. The fourth-order valence-electron chi connectivity index (χ4n) is 3.25. The molecule has 0 saturated heterocycles. The number of benzene rings is 1. The van der Waals surface area contributed by atoms with Crippen molar-refractivity contribution in [3.63, 3.8) is 0 Å². The van der Waals surface area contributed by atoms with Gasteiger partial charge in [0.05, 0.1) is 24.2 Å². The summed E-state index contributed by atoms with van der Waals surface area (Å²) in [6.45, 7) is 1.85. The van der Waals surface area contributed by atoms with Crippen LogP contribution in [0.1, 0.15) is 34.5 Å². The van der Waals surface area contributed by atoms with Crippen LogP contribution in [-0.4, -0.2) is 39.2 Å². The lowest BCUT2D eigenvalue weighted by molar-refractivity contribution is -0.0924. The highest BCUT2D eigenvalue weighted by atomic mass is 19.3. The summed E-state index contributed by atoms with van der Waals surface area (Å²) in [7, 11) is 0. The van der Waals surface area contributed by atoms with Crippen molar-refractivity contribution >= 4 is 29.2 Å². The summed E-state index contributed by atoms with van der Waals surface area (Å²) in [6.07, 6.45) is 4.05. The summed E-state index contributed by atoms with van der Waals surface area (Å²) in [5.41, 5.74) is 5.74. The van der Waals surface area contributed by atoms with Gasteiger partial charge in [-0.2, -0.15) is 5.10 Å². The van der Waals surface area contributed by atoms with Crippen molar-refractivity contribution < 1.29 is 13.6 Å². The maximum absolute atomic E-state index is 12.8. The van der Waals surface area contributed by atoms with Crippen LogP contribution < -0.4 is 10.7 Å². The van der Waals surface area contributed by atoms with Crippen molar-refractivity contribution in [1.82, 2.24) is 14.8 Å². The topological polar surface area (TPSA) is 94.6 Å². The number of hydrogen-bond acceptors (Lipinski definition) is 5. The predicted octanol–water partition coefficient (Wildman–Crippen LogP) is 3.64. The van der Waals surface area contributed by atoms with E-state index in [1.165, 1.54) is 12.4 Å². The Kier molecular flexibility index (Phi) is 5.03. The first-order chi connectivity index (χ1) is 14.3. The van der Waals surface area contributed by atoms with E-state index in [4.69, 9.17) is 5.41 Å². The number of hydrogen-bond donors (Lipinski definition) is 3. The molecule has 3 aromatic rings. The van der Waals surface area contributed by atoms with E-state index in [0.717, 1.165) is 5.56 Å². The molecule has 1 saturated carbocycles. The molecular formula is C21H20F2N6O. The van der Waals surface area contributed by atoms with Crippen LogP contribution in [0, 0.1) is 12.3 Å². The third-order valence-corrected chi connectivity index (χ3v) is 4.99. The first kappa shape index (κ1) is 19.7. The van der Waals surface area contributed by atoms with Crippen molar-refractivity contribution in [1.29, 1.82) is 5.41 Å². The second-order valence-corrected chi connectivity index (χ2v) is 7.32. The minimum absolute atomic E-state index is 0.0962. The average molecular weight is 410 g/mol. The first-order valence-corrected chi connectivity index (χ1v) is 9.42. The van der Waals surface area contributed by atoms with Crippen LogP contribution in [0.3, 0.4) is 0 Å². The number of alkyl halides is 2. The van der Waals surface area contributed by atoms with Gasteiger partial charge >= 0.3 is 0 Å². The molecule has 154 valence electrons. The number of nitrogens with zero attached hydrogens (tertiary/aromatic N) is 3. The van der Waals surface area contributed by atoms with Gasteiger partial charge in [-0.05, 0) is 30.7 Å². The van der Waals surface area contributed by atoms with Crippen molar-refractivity contribution in [2.24, 2.45) is 5.10 Å². The Labute approximate surface area is 171 Å². The number of hydrazone groups is 1. The minimum atomic E-state index is -2.62. The Morgan fingerprint density at radius 1 is 1.33 bits per heavy atom. The van der Waals surface area contributed by atoms with E-state index in [9.17, 15) is 13.6 Å². The van der Waals surface area contributed by atoms with Gasteiger partial charge in [0, 0.05) is 30.3 Å². The van der Waals surface area contributed by atoms with E-state index < -0.39 is 5.92 Å². The van der Waals surface area contributed by atoms with Gasteiger partial charge in [0.2, 0.25) is 0 Å². The number of imidazole rings is 1. The first-order valence-electron chi connectivity index (χ1n) is 9.42. The molecule has 1 aromatic carbocycles. The number of fused-ring (bicyclic) bond motifs is 1. The highest BCUT2D eigenvalue weighted by Crippen LogP contribution is 2.37. The Bertz CT molecular complexity index is 1150. The summed E-state index contributed by atoms with van der Waals surface area (Å²) in [4.78, 5) is 17.0. The molecule has 0 aliphatic heterocycles. The van der Waals surface area contributed by atoms with Crippen molar-refractivity contribution in [3.8, 4) is 0 Å². The minimum Gasteiger partial charge on any atom is -0.320 e. The van der Waals surface area contributed by atoms with Gasteiger partial charge in [-0.1, -0.05) is 18.2 Å². The molecule has 30 heavy (non-hydrogen) atoms. The van der Waals surface area contributed by atoms with E-state index >= 15 is 0 Å². The van der Waals surface area contributed by atoms with E-state index in [1.54, 1.807) is 28.8 Å². The zero-order valence-electron chi connectivity index (χ0n) is 16.2. The highest BCUT2D eigenvalue weighted by Gasteiger charge is 2.45. The number of anilines is 1. The monoisotopic (exact) mass is 410 g/mol. The Morgan fingerprint density at radius 2 is 2.13 bits per heavy atom. The van der Waals surface area contributed by atoms with Gasteiger partial charge in [0.1, 0.15) is 11.3 Å². The van der Waals surface area contributed by atoms with E-state index in [-0.39, 0.29) is 30.5 Å². The van der Waals surface area contributed by atoms with Crippen molar-refractivity contribution in [2.75, 3.05) is 5.32 Å². The molecule has 9 heteroatoms. The zero-order chi connectivity index (χ0) is 21.3. The highest BCUT2D eigenvalue weighted by molar-refractivity contribution is 6.36. The summed E-state index contributed by atoms with van der Waals surface area (Å²) in [5.74, 6) is -2.94. The lowest BCUT2D eigenvalue weighted by Crippen LogP contribution is -2.46. The fraction of sp³-hybridized carbons (Fsp3) is 0.238. The number of pyridine rings is 1. The fourth-order valence-corrected chi connectivity index (χ4v) is 3.25.